The fraction of sp³-hybridized carbons (Fsp3) is 0.417. The lowest BCUT2D eigenvalue weighted by atomic mass is 9.98. The van der Waals surface area contributed by atoms with Crippen molar-refractivity contribution in [3.8, 4) is 0 Å². The lowest BCUT2D eigenvalue weighted by Crippen LogP contribution is -2.58. The summed E-state index contributed by atoms with van der Waals surface area (Å²) in [6.07, 6.45) is 3.34. The van der Waals surface area contributed by atoms with E-state index in [1.807, 2.05) is 64.1 Å². The first-order valence-electron chi connectivity index (χ1n) is 10.8. The largest absolute Gasteiger partial charge is 0.350 e. The number of pyridine rings is 1. The number of nitrogens with one attached hydrogen (secondary N) is 2. The summed E-state index contributed by atoms with van der Waals surface area (Å²) < 4.78 is -0.493. The molecule has 2 aromatic rings. The highest BCUT2D eigenvalue weighted by Crippen LogP contribution is 2.56. The normalized spacial score (nSPS) is 21.8. The first-order chi connectivity index (χ1) is 15.2. The Hall–Kier alpha value is -2.87. The summed E-state index contributed by atoms with van der Waals surface area (Å²) >= 11 is 1.61. The van der Waals surface area contributed by atoms with Crippen molar-refractivity contribution in [3.63, 3.8) is 0 Å². The predicted octanol–water partition coefficient (Wildman–Crippen LogP) is 2.89. The molecule has 0 aliphatic carbocycles. The van der Waals surface area contributed by atoms with Crippen LogP contribution in [0.5, 0.6) is 0 Å². The van der Waals surface area contributed by atoms with Gasteiger partial charge in [-0.15, -0.1) is 11.8 Å². The average molecular weight is 453 g/mol. The molecule has 1 aromatic heterocycles. The van der Waals surface area contributed by atoms with E-state index in [1.54, 1.807) is 29.1 Å². The summed E-state index contributed by atoms with van der Waals surface area (Å²) in [6.45, 7) is 8.09. The third-order valence-corrected chi connectivity index (χ3v) is 7.54. The molecule has 2 N–H and O–H groups in total. The topological polar surface area (TPSA) is 91.4 Å². The summed E-state index contributed by atoms with van der Waals surface area (Å²) in [7, 11) is 0. The molecule has 0 radical (unpaired) electrons. The van der Waals surface area contributed by atoms with Gasteiger partial charge in [-0.1, -0.05) is 32.0 Å². The van der Waals surface area contributed by atoms with E-state index in [1.165, 1.54) is 0 Å². The first-order valence-corrected chi connectivity index (χ1v) is 11.6. The highest BCUT2D eigenvalue weighted by atomic mass is 32.2. The molecule has 0 saturated carbocycles. The van der Waals surface area contributed by atoms with Crippen molar-refractivity contribution in [2.45, 2.75) is 56.4 Å². The number of rotatable bonds is 6. The van der Waals surface area contributed by atoms with Gasteiger partial charge in [0.05, 0.1) is 0 Å². The maximum Gasteiger partial charge on any atom is 0.256 e. The second-order valence-electron chi connectivity index (χ2n) is 9.08. The Kier molecular flexibility index (Phi) is 5.99. The van der Waals surface area contributed by atoms with E-state index in [0.717, 1.165) is 11.1 Å². The van der Waals surface area contributed by atoms with Crippen LogP contribution in [0.1, 0.15) is 54.6 Å². The molecule has 3 heterocycles. The summed E-state index contributed by atoms with van der Waals surface area (Å²) in [5.41, 5.74) is 2.52. The minimum absolute atomic E-state index is 0.115. The van der Waals surface area contributed by atoms with Crippen LogP contribution in [0.4, 0.5) is 0 Å². The highest BCUT2D eigenvalue weighted by Gasteiger charge is 2.57. The number of carbonyl (C=O) groups is 3. The van der Waals surface area contributed by atoms with Gasteiger partial charge < -0.3 is 15.5 Å². The molecule has 32 heavy (non-hydrogen) atoms. The first kappa shape index (κ1) is 22.3. The number of fused-ring (bicyclic) bond motifs is 3. The molecule has 4 rings (SSSR count). The van der Waals surface area contributed by atoms with Crippen molar-refractivity contribution >= 4 is 29.5 Å². The highest BCUT2D eigenvalue weighted by molar-refractivity contribution is 8.01. The van der Waals surface area contributed by atoms with Crippen LogP contribution in [-0.2, 0) is 16.1 Å². The van der Waals surface area contributed by atoms with Crippen LogP contribution in [0, 0.1) is 5.92 Å². The number of carbonyl (C=O) groups excluding carboxylic acids is 3. The molecule has 0 spiro atoms. The van der Waals surface area contributed by atoms with Gasteiger partial charge in [0.15, 0.2) is 0 Å². The van der Waals surface area contributed by atoms with E-state index < -0.39 is 16.8 Å². The lowest BCUT2D eigenvalue weighted by molar-refractivity contribution is -0.132. The summed E-state index contributed by atoms with van der Waals surface area (Å²) in [6, 6.07) is 9.80. The number of benzene rings is 1. The van der Waals surface area contributed by atoms with Crippen molar-refractivity contribution in [1.82, 2.24) is 20.5 Å². The number of aromatic nitrogens is 1. The fourth-order valence-corrected chi connectivity index (χ4v) is 5.96. The van der Waals surface area contributed by atoms with Gasteiger partial charge in [0.1, 0.15) is 17.5 Å². The third-order valence-electron chi connectivity index (χ3n) is 6.01. The maximum atomic E-state index is 13.5. The molecule has 2 aliphatic heterocycles. The molecule has 3 unspecified atom stereocenters. The van der Waals surface area contributed by atoms with Gasteiger partial charge in [-0.2, -0.15) is 0 Å². The fourth-order valence-electron chi connectivity index (χ4n) is 4.37. The molecule has 1 aromatic carbocycles. The smallest absolute Gasteiger partial charge is 0.256 e. The second-order valence-corrected chi connectivity index (χ2v) is 10.8. The molecule has 8 heteroatoms. The SMILES string of the molecule is CC(C)C(NC(=O)C1N2C(=O)c3ccccc3C2SC1(C)C)C(=O)NCc1ccncc1. The predicted molar refractivity (Wildman–Crippen MR) is 124 cm³/mol. The maximum absolute atomic E-state index is 13.5. The summed E-state index contributed by atoms with van der Waals surface area (Å²) in [4.78, 5) is 45.2. The van der Waals surface area contributed by atoms with Crippen LogP contribution >= 0.6 is 11.8 Å². The van der Waals surface area contributed by atoms with Gasteiger partial charge in [0.2, 0.25) is 11.8 Å². The minimum atomic E-state index is -0.704. The van der Waals surface area contributed by atoms with Crippen LogP contribution < -0.4 is 10.6 Å². The van der Waals surface area contributed by atoms with Crippen molar-refractivity contribution in [2.24, 2.45) is 5.92 Å². The molecule has 0 bridgehead atoms. The van der Waals surface area contributed by atoms with Gasteiger partial charge in [-0.3, -0.25) is 19.4 Å². The Morgan fingerprint density at radius 3 is 2.53 bits per heavy atom. The monoisotopic (exact) mass is 452 g/mol. The van der Waals surface area contributed by atoms with Gasteiger partial charge in [0, 0.05) is 29.2 Å². The molecule has 168 valence electrons. The lowest BCUT2D eigenvalue weighted by Gasteiger charge is -2.32. The Morgan fingerprint density at radius 2 is 1.84 bits per heavy atom. The molecule has 1 fully saturated rings. The van der Waals surface area contributed by atoms with Gasteiger partial charge >= 0.3 is 0 Å². The van der Waals surface area contributed by atoms with Gasteiger partial charge in [-0.05, 0) is 49.1 Å². The van der Waals surface area contributed by atoms with E-state index in [0.29, 0.717) is 12.1 Å². The van der Waals surface area contributed by atoms with E-state index in [9.17, 15) is 14.4 Å². The Balaban J connectivity index is 1.51. The molecular weight excluding hydrogens is 424 g/mol. The van der Waals surface area contributed by atoms with Crippen LogP contribution in [0.2, 0.25) is 0 Å². The molecule has 2 aliphatic rings. The zero-order valence-corrected chi connectivity index (χ0v) is 19.5. The third kappa shape index (κ3) is 3.99. The Labute approximate surface area is 192 Å². The number of thioether (sulfide) groups is 1. The van der Waals surface area contributed by atoms with Gasteiger partial charge in [-0.25, -0.2) is 0 Å². The molecule has 3 atom stereocenters. The standard InChI is InChI=1S/C24H28N4O3S/c1-14(2)18(20(29)26-13-15-9-11-25-12-10-15)27-21(30)19-24(3,4)32-23-17-8-6-5-7-16(17)22(31)28(19)23/h5-12,14,18-19,23H,13H2,1-4H3,(H,26,29)(H,27,30). The van der Waals surface area contributed by atoms with Crippen LogP contribution in [-0.4, -0.2) is 44.4 Å². The van der Waals surface area contributed by atoms with Crippen LogP contribution in [0.3, 0.4) is 0 Å². The number of hydrogen-bond donors (Lipinski definition) is 2. The summed E-state index contributed by atoms with van der Waals surface area (Å²) in [5, 5.41) is 5.65. The Bertz CT molecular complexity index is 1040. The minimum Gasteiger partial charge on any atom is -0.350 e. The number of hydrogen-bond acceptors (Lipinski definition) is 5. The zero-order valence-electron chi connectivity index (χ0n) is 18.7. The van der Waals surface area contributed by atoms with Crippen molar-refractivity contribution < 1.29 is 14.4 Å². The van der Waals surface area contributed by atoms with Crippen molar-refractivity contribution in [3.05, 3.63) is 65.5 Å². The van der Waals surface area contributed by atoms with E-state index in [4.69, 9.17) is 0 Å². The zero-order chi connectivity index (χ0) is 23.0. The van der Waals surface area contributed by atoms with E-state index in [-0.39, 0.29) is 29.0 Å². The second kappa shape index (κ2) is 8.58. The van der Waals surface area contributed by atoms with Crippen molar-refractivity contribution in [2.75, 3.05) is 0 Å². The molecule has 7 nitrogen and oxygen atoms in total. The van der Waals surface area contributed by atoms with Crippen LogP contribution in [0.25, 0.3) is 0 Å². The van der Waals surface area contributed by atoms with Gasteiger partial charge in [0.25, 0.3) is 5.91 Å². The van der Waals surface area contributed by atoms with E-state index >= 15 is 0 Å². The summed E-state index contributed by atoms with van der Waals surface area (Å²) in [5.74, 6) is -0.798. The van der Waals surface area contributed by atoms with Crippen molar-refractivity contribution in [1.29, 1.82) is 0 Å². The molecule has 3 amide bonds. The van der Waals surface area contributed by atoms with Crippen LogP contribution in [0.15, 0.2) is 48.8 Å². The number of amides is 3. The molecular formula is C24H28N4O3S. The average Bonchev–Trinajstić information content (AvgIpc) is 3.20. The molecule has 1 saturated heterocycles. The Morgan fingerprint density at radius 1 is 1.16 bits per heavy atom. The quantitative estimate of drug-likeness (QED) is 0.703. The van der Waals surface area contributed by atoms with E-state index in [2.05, 4.69) is 15.6 Å². The number of nitrogens with zero attached hydrogens (tertiary/aromatic N) is 2.